The highest BCUT2D eigenvalue weighted by Crippen LogP contribution is 2.48. The van der Waals surface area contributed by atoms with Crippen molar-refractivity contribution in [3.05, 3.63) is 30.1 Å². The minimum absolute atomic E-state index is 0.0538. The predicted octanol–water partition coefficient (Wildman–Crippen LogP) is 3.10. The van der Waals surface area contributed by atoms with Crippen LogP contribution in [-0.4, -0.2) is 50.7 Å². The fraction of sp³-hybridized carbons (Fsp3) is 0.636. The summed E-state index contributed by atoms with van der Waals surface area (Å²) in [7, 11) is 0. The molecular formula is C22H28N4O2S. The molecule has 0 spiro atoms. The van der Waals surface area contributed by atoms with Gasteiger partial charge in [-0.15, -0.1) is 0 Å². The maximum Gasteiger partial charge on any atom is 0.253 e. The van der Waals surface area contributed by atoms with E-state index < -0.39 is 4.75 Å². The van der Waals surface area contributed by atoms with Gasteiger partial charge in [0.2, 0.25) is 5.91 Å². The maximum absolute atomic E-state index is 12.9. The average Bonchev–Trinajstić information content (AvgIpc) is 3.44. The number of rotatable bonds is 3. The number of thioether (sulfide) groups is 1. The van der Waals surface area contributed by atoms with Crippen molar-refractivity contribution in [2.45, 2.75) is 56.2 Å². The summed E-state index contributed by atoms with van der Waals surface area (Å²) in [6.45, 7) is 3.43. The molecule has 7 heteroatoms. The molecule has 4 fully saturated rings. The van der Waals surface area contributed by atoms with Gasteiger partial charge in [0.05, 0.1) is 6.04 Å². The summed E-state index contributed by atoms with van der Waals surface area (Å²) in [4.78, 5) is 36.4. The van der Waals surface area contributed by atoms with Crippen molar-refractivity contribution in [1.82, 2.24) is 15.2 Å². The number of pyridine rings is 1. The van der Waals surface area contributed by atoms with E-state index in [0.717, 1.165) is 29.8 Å². The van der Waals surface area contributed by atoms with E-state index in [1.165, 1.54) is 25.7 Å². The van der Waals surface area contributed by atoms with Gasteiger partial charge in [-0.25, -0.2) is 0 Å². The second-order valence-corrected chi connectivity index (χ2v) is 10.6. The normalized spacial score (nSPS) is 36.0. The van der Waals surface area contributed by atoms with Gasteiger partial charge in [-0.1, -0.05) is 18.2 Å². The number of likely N-dealkylation sites (tertiary alicyclic amines) is 1. The molecule has 1 aromatic rings. The number of carbonyl (C=O) groups is 2. The number of nitrogens with one attached hydrogen (secondary N) is 1. The molecule has 1 unspecified atom stereocenters. The number of piperidine rings is 1. The standard InChI is InChI=1S/C22H28N4O2S/c1-22(17-6-10-26(11-7-17)19(27)15-4-8-23-9-5-15)20(28)25-21(29-22)24-18-13-14-2-3-16(18)12-14/h4-5,8-9,14,16-18H,2-3,6-7,10-13H2,1H3,(H,24,25,28)/t14-,16+,18+,22?/m1/s1. The Kier molecular flexibility index (Phi) is 4.88. The summed E-state index contributed by atoms with van der Waals surface area (Å²) in [5.41, 5.74) is 0.679. The lowest BCUT2D eigenvalue weighted by Crippen LogP contribution is -2.47. The Morgan fingerprint density at radius 1 is 1.21 bits per heavy atom. The van der Waals surface area contributed by atoms with Gasteiger partial charge in [0, 0.05) is 31.0 Å². The Hall–Kier alpha value is -1.89. The summed E-state index contributed by atoms with van der Waals surface area (Å²) in [6, 6.07) is 3.92. The lowest BCUT2D eigenvalue weighted by Gasteiger charge is -2.38. The molecule has 5 rings (SSSR count). The average molecular weight is 413 g/mol. The molecule has 4 atom stereocenters. The fourth-order valence-electron chi connectivity index (χ4n) is 5.65. The van der Waals surface area contributed by atoms with Gasteiger partial charge >= 0.3 is 0 Å². The number of fused-ring (bicyclic) bond motifs is 2. The molecule has 2 saturated heterocycles. The Balaban J connectivity index is 1.22. The van der Waals surface area contributed by atoms with Crippen LogP contribution < -0.4 is 5.32 Å². The molecule has 154 valence electrons. The van der Waals surface area contributed by atoms with Gasteiger partial charge in [-0.2, -0.15) is 0 Å². The first-order chi connectivity index (χ1) is 14.0. The third-order valence-electron chi connectivity index (χ3n) is 7.45. The van der Waals surface area contributed by atoms with E-state index in [9.17, 15) is 9.59 Å². The third kappa shape index (κ3) is 3.47. The van der Waals surface area contributed by atoms with Crippen molar-refractivity contribution in [3.8, 4) is 0 Å². The SMILES string of the molecule is CC1(C2CCN(C(=O)c3ccncc3)CC2)SC(=N[C@H]2C[C@@H]3CC[C@H]2C3)NC1=O. The lowest BCUT2D eigenvalue weighted by atomic mass is 9.84. The topological polar surface area (TPSA) is 74.7 Å². The van der Waals surface area contributed by atoms with E-state index in [4.69, 9.17) is 4.99 Å². The molecule has 6 nitrogen and oxygen atoms in total. The molecule has 2 amide bonds. The maximum atomic E-state index is 12.9. The number of hydrogen-bond acceptors (Lipinski definition) is 5. The molecule has 2 saturated carbocycles. The largest absolute Gasteiger partial charge is 0.339 e. The summed E-state index contributed by atoms with van der Waals surface area (Å²) in [5, 5.41) is 3.90. The van der Waals surface area contributed by atoms with Crippen LogP contribution in [0.1, 0.15) is 55.8 Å². The van der Waals surface area contributed by atoms with E-state index >= 15 is 0 Å². The number of amides is 2. The Labute approximate surface area is 175 Å². The number of hydrogen-bond donors (Lipinski definition) is 1. The lowest BCUT2D eigenvalue weighted by molar-refractivity contribution is -0.122. The van der Waals surface area contributed by atoms with Crippen molar-refractivity contribution < 1.29 is 9.59 Å². The van der Waals surface area contributed by atoms with Crippen molar-refractivity contribution in [3.63, 3.8) is 0 Å². The number of nitrogens with zero attached hydrogens (tertiary/aromatic N) is 3. The van der Waals surface area contributed by atoms with Crippen molar-refractivity contribution >= 4 is 28.7 Å². The summed E-state index contributed by atoms with van der Waals surface area (Å²) in [5.74, 6) is 1.97. The molecule has 3 heterocycles. The Bertz CT molecular complexity index is 836. The van der Waals surface area contributed by atoms with E-state index in [0.29, 0.717) is 24.7 Å². The Morgan fingerprint density at radius 3 is 2.62 bits per heavy atom. The van der Waals surface area contributed by atoms with Gasteiger partial charge in [-0.05, 0) is 68.9 Å². The molecule has 0 radical (unpaired) electrons. The second kappa shape index (κ2) is 7.42. The molecule has 1 N–H and O–H groups in total. The van der Waals surface area contributed by atoms with Gasteiger partial charge in [0.1, 0.15) is 4.75 Å². The van der Waals surface area contributed by atoms with Crippen LogP contribution in [-0.2, 0) is 4.79 Å². The van der Waals surface area contributed by atoms with Gasteiger partial charge in [0.15, 0.2) is 5.17 Å². The number of aliphatic imine (C=N–C) groups is 1. The van der Waals surface area contributed by atoms with Gasteiger partial charge < -0.3 is 10.2 Å². The van der Waals surface area contributed by atoms with Crippen molar-refractivity contribution in [1.29, 1.82) is 0 Å². The quantitative estimate of drug-likeness (QED) is 0.828. The zero-order valence-electron chi connectivity index (χ0n) is 16.8. The molecule has 1 aromatic heterocycles. The van der Waals surface area contributed by atoms with Crippen LogP contribution in [0.15, 0.2) is 29.5 Å². The zero-order chi connectivity index (χ0) is 20.0. The molecule has 4 aliphatic rings. The second-order valence-electron chi connectivity index (χ2n) is 9.14. The van der Waals surface area contributed by atoms with E-state index in [2.05, 4.69) is 17.2 Å². The monoisotopic (exact) mass is 412 g/mol. The van der Waals surface area contributed by atoms with Crippen LogP contribution in [0.5, 0.6) is 0 Å². The summed E-state index contributed by atoms with van der Waals surface area (Å²) >= 11 is 1.63. The predicted molar refractivity (Wildman–Crippen MR) is 114 cm³/mol. The minimum atomic E-state index is -0.484. The first-order valence-electron chi connectivity index (χ1n) is 10.8. The van der Waals surface area contributed by atoms with E-state index in [1.54, 1.807) is 36.3 Å². The fourth-order valence-corrected chi connectivity index (χ4v) is 6.93. The van der Waals surface area contributed by atoms with Crippen LogP contribution >= 0.6 is 11.8 Å². The number of amidine groups is 1. The third-order valence-corrected chi connectivity index (χ3v) is 8.80. The number of aromatic nitrogens is 1. The van der Waals surface area contributed by atoms with Crippen molar-refractivity contribution in [2.24, 2.45) is 22.7 Å². The van der Waals surface area contributed by atoms with Crippen LogP contribution in [0.4, 0.5) is 0 Å². The Morgan fingerprint density at radius 2 is 1.97 bits per heavy atom. The van der Waals surface area contributed by atoms with Crippen LogP contribution in [0.25, 0.3) is 0 Å². The van der Waals surface area contributed by atoms with E-state index in [1.807, 2.05) is 4.90 Å². The highest BCUT2D eigenvalue weighted by Gasteiger charge is 2.50. The van der Waals surface area contributed by atoms with Crippen molar-refractivity contribution in [2.75, 3.05) is 13.1 Å². The zero-order valence-corrected chi connectivity index (χ0v) is 17.7. The van der Waals surface area contributed by atoms with E-state index in [-0.39, 0.29) is 17.7 Å². The molecule has 29 heavy (non-hydrogen) atoms. The van der Waals surface area contributed by atoms with Crippen LogP contribution in [0.2, 0.25) is 0 Å². The highest BCUT2D eigenvalue weighted by molar-refractivity contribution is 8.16. The van der Waals surface area contributed by atoms with Crippen LogP contribution in [0, 0.1) is 17.8 Å². The molecule has 2 bridgehead atoms. The molecule has 2 aliphatic heterocycles. The molecule has 0 aromatic carbocycles. The summed E-state index contributed by atoms with van der Waals surface area (Å²) < 4.78 is -0.484. The van der Waals surface area contributed by atoms with Gasteiger partial charge in [0.25, 0.3) is 5.91 Å². The van der Waals surface area contributed by atoms with Gasteiger partial charge in [-0.3, -0.25) is 19.6 Å². The molecular weight excluding hydrogens is 384 g/mol. The highest BCUT2D eigenvalue weighted by atomic mass is 32.2. The minimum Gasteiger partial charge on any atom is -0.339 e. The summed E-state index contributed by atoms with van der Waals surface area (Å²) in [6.07, 6.45) is 10.2. The molecule has 2 aliphatic carbocycles. The first-order valence-corrected chi connectivity index (χ1v) is 11.6. The first kappa shape index (κ1) is 19.1. The number of carbonyl (C=O) groups excluding carboxylic acids is 2. The van der Waals surface area contributed by atoms with Crippen LogP contribution in [0.3, 0.4) is 0 Å². The smallest absolute Gasteiger partial charge is 0.253 e.